The molecule has 1 fully saturated rings. The molecule has 20 heavy (non-hydrogen) atoms. The molecule has 6 heteroatoms. The quantitative estimate of drug-likeness (QED) is 0.770. The van der Waals surface area contributed by atoms with Crippen LogP contribution in [0.3, 0.4) is 0 Å². The first-order valence-electron chi connectivity index (χ1n) is 6.85. The van der Waals surface area contributed by atoms with E-state index in [0.717, 1.165) is 23.1 Å². The van der Waals surface area contributed by atoms with Crippen LogP contribution in [-0.2, 0) is 11.3 Å². The van der Waals surface area contributed by atoms with Gasteiger partial charge in [0, 0.05) is 24.2 Å². The fraction of sp³-hybridized carbons (Fsp3) is 0.429. The lowest BCUT2D eigenvalue weighted by atomic mass is 10.2. The molecular formula is C14H18N4O2. The SMILES string of the molecule is CCn1ncc2ccc(NC(=O)C3CC(O)CN3)cc21. The van der Waals surface area contributed by atoms with Gasteiger partial charge in [-0.25, -0.2) is 0 Å². The largest absolute Gasteiger partial charge is 0.392 e. The number of aryl methyl sites for hydroxylation is 1. The molecule has 1 amide bonds. The second-order valence-electron chi connectivity index (χ2n) is 5.07. The number of aromatic nitrogens is 2. The molecule has 3 rings (SSSR count). The van der Waals surface area contributed by atoms with Gasteiger partial charge in [-0.3, -0.25) is 9.48 Å². The zero-order chi connectivity index (χ0) is 14.1. The summed E-state index contributed by atoms with van der Waals surface area (Å²) in [6, 6.07) is 5.42. The number of nitrogens with zero attached hydrogens (tertiary/aromatic N) is 2. The molecule has 2 unspecified atom stereocenters. The van der Waals surface area contributed by atoms with Crippen molar-refractivity contribution in [3.05, 3.63) is 24.4 Å². The molecule has 1 aliphatic rings. The number of aliphatic hydroxyl groups excluding tert-OH is 1. The summed E-state index contributed by atoms with van der Waals surface area (Å²) in [7, 11) is 0. The van der Waals surface area contributed by atoms with Crippen molar-refractivity contribution in [2.45, 2.75) is 32.0 Å². The van der Waals surface area contributed by atoms with Crippen molar-refractivity contribution >= 4 is 22.5 Å². The number of nitrogens with one attached hydrogen (secondary N) is 2. The van der Waals surface area contributed by atoms with Gasteiger partial charge < -0.3 is 15.7 Å². The van der Waals surface area contributed by atoms with Crippen LogP contribution in [0.25, 0.3) is 10.9 Å². The minimum Gasteiger partial charge on any atom is -0.392 e. The molecule has 0 aliphatic carbocycles. The normalized spacial score (nSPS) is 22.3. The van der Waals surface area contributed by atoms with Gasteiger partial charge in [0.05, 0.1) is 23.9 Å². The maximum Gasteiger partial charge on any atom is 0.241 e. The highest BCUT2D eigenvalue weighted by atomic mass is 16.3. The van der Waals surface area contributed by atoms with Crippen molar-refractivity contribution in [2.24, 2.45) is 0 Å². The van der Waals surface area contributed by atoms with Gasteiger partial charge in [0.2, 0.25) is 5.91 Å². The van der Waals surface area contributed by atoms with Crippen LogP contribution in [-0.4, -0.2) is 39.5 Å². The van der Waals surface area contributed by atoms with E-state index in [1.54, 1.807) is 0 Å². The summed E-state index contributed by atoms with van der Waals surface area (Å²) in [5.41, 5.74) is 1.76. The van der Waals surface area contributed by atoms with E-state index in [1.807, 2.05) is 36.0 Å². The third kappa shape index (κ3) is 2.39. The van der Waals surface area contributed by atoms with Crippen LogP contribution in [0.1, 0.15) is 13.3 Å². The fourth-order valence-corrected chi connectivity index (χ4v) is 2.55. The van der Waals surface area contributed by atoms with E-state index in [4.69, 9.17) is 0 Å². The molecule has 1 saturated heterocycles. The molecule has 2 heterocycles. The van der Waals surface area contributed by atoms with E-state index < -0.39 is 6.10 Å². The Morgan fingerprint density at radius 1 is 1.60 bits per heavy atom. The third-order valence-electron chi connectivity index (χ3n) is 3.64. The van der Waals surface area contributed by atoms with Crippen molar-refractivity contribution in [3.63, 3.8) is 0 Å². The number of anilines is 1. The highest BCUT2D eigenvalue weighted by Gasteiger charge is 2.27. The number of rotatable bonds is 3. The highest BCUT2D eigenvalue weighted by Crippen LogP contribution is 2.19. The van der Waals surface area contributed by atoms with Gasteiger partial charge in [-0.15, -0.1) is 0 Å². The average molecular weight is 274 g/mol. The summed E-state index contributed by atoms with van der Waals surface area (Å²) in [5.74, 6) is -0.108. The summed E-state index contributed by atoms with van der Waals surface area (Å²) in [4.78, 5) is 12.1. The summed E-state index contributed by atoms with van der Waals surface area (Å²) < 4.78 is 1.89. The second-order valence-corrected chi connectivity index (χ2v) is 5.07. The monoisotopic (exact) mass is 274 g/mol. The van der Waals surface area contributed by atoms with Crippen LogP contribution in [0.4, 0.5) is 5.69 Å². The predicted molar refractivity (Wildman–Crippen MR) is 76.5 cm³/mol. The number of hydrogen-bond donors (Lipinski definition) is 3. The Morgan fingerprint density at radius 2 is 2.45 bits per heavy atom. The van der Waals surface area contributed by atoms with Gasteiger partial charge in [0.15, 0.2) is 0 Å². The Kier molecular flexibility index (Phi) is 3.42. The Balaban J connectivity index is 1.78. The van der Waals surface area contributed by atoms with Gasteiger partial charge in [-0.05, 0) is 31.5 Å². The molecule has 0 spiro atoms. The van der Waals surface area contributed by atoms with Gasteiger partial charge in [0.1, 0.15) is 0 Å². The first-order chi connectivity index (χ1) is 9.67. The number of fused-ring (bicyclic) bond motifs is 1. The molecule has 0 saturated carbocycles. The summed E-state index contributed by atoms with van der Waals surface area (Å²) in [6.45, 7) is 3.29. The van der Waals surface area contributed by atoms with Crippen LogP contribution >= 0.6 is 0 Å². The van der Waals surface area contributed by atoms with Crippen molar-refractivity contribution in [2.75, 3.05) is 11.9 Å². The van der Waals surface area contributed by atoms with Crippen LogP contribution < -0.4 is 10.6 Å². The number of aliphatic hydroxyl groups is 1. The van der Waals surface area contributed by atoms with Gasteiger partial charge >= 0.3 is 0 Å². The van der Waals surface area contributed by atoms with E-state index in [-0.39, 0.29) is 11.9 Å². The van der Waals surface area contributed by atoms with E-state index >= 15 is 0 Å². The van der Waals surface area contributed by atoms with Crippen LogP contribution in [0.2, 0.25) is 0 Å². The number of hydrogen-bond acceptors (Lipinski definition) is 4. The highest BCUT2D eigenvalue weighted by molar-refractivity contribution is 5.96. The maximum absolute atomic E-state index is 12.1. The molecule has 3 N–H and O–H groups in total. The first kappa shape index (κ1) is 13.1. The standard InChI is InChI=1S/C14H18N4O2/c1-2-18-13-5-10(4-3-9(13)7-16-18)17-14(20)12-6-11(19)8-15-12/h3-5,7,11-12,15,19H,2,6,8H2,1H3,(H,17,20). The number of carbonyl (C=O) groups is 1. The molecule has 2 aromatic rings. The smallest absolute Gasteiger partial charge is 0.241 e. The predicted octanol–water partition coefficient (Wildman–Crippen LogP) is 0.717. The molecule has 1 aliphatic heterocycles. The minimum atomic E-state index is -0.435. The second kappa shape index (κ2) is 5.22. The number of amides is 1. The summed E-state index contributed by atoms with van der Waals surface area (Å²) >= 11 is 0. The molecule has 6 nitrogen and oxygen atoms in total. The van der Waals surface area contributed by atoms with Crippen molar-refractivity contribution in [1.29, 1.82) is 0 Å². The maximum atomic E-state index is 12.1. The molecule has 1 aromatic heterocycles. The molecule has 0 bridgehead atoms. The van der Waals surface area contributed by atoms with Crippen LogP contribution in [0, 0.1) is 0 Å². The lowest BCUT2D eigenvalue weighted by molar-refractivity contribution is -0.117. The number of carbonyl (C=O) groups excluding carboxylic acids is 1. The summed E-state index contributed by atoms with van der Waals surface area (Å²) in [6.07, 6.45) is 1.84. The third-order valence-corrected chi connectivity index (χ3v) is 3.64. The van der Waals surface area contributed by atoms with Gasteiger partial charge in [0.25, 0.3) is 0 Å². The van der Waals surface area contributed by atoms with Gasteiger partial charge in [-0.2, -0.15) is 5.10 Å². The van der Waals surface area contributed by atoms with Crippen molar-refractivity contribution < 1.29 is 9.90 Å². The van der Waals surface area contributed by atoms with E-state index in [1.165, 1.54) is 0 Å². The number of β-amino-alcohol motifs (C(OH)–C–C–N with tert-alkyl or cyclic N) is 1. The minimum absolute atomic E-state index is 0.108. The topological polar surface area (TPSA) is 79.2 Å². The lowest BCUT2D eigenvalue weighted by Gasteiger charge is -2.11. The Bertz CT molecular complexity index is 637. The molecular weight excluding hydrogens is 256 g/mol. The Hall–Kier alpha value is -1.92. The Labute approximate surface area is 116 Å². The molecule has 2 atom stereocenters. The van der Waals surface area contributed by atoms with E-state index in [9.17, 15) is 9.90 Å². The van der Waals surface area contributed by atoms with E-state index in [2.05, 4.69) is 15.7 Å². The molecule has 1 aromatic carbocycles. The number of benzene rings is 1. The Morgan fingerprint density at radius 3 is 3.15 bits per heavy atom. The van der Waals surface area contributed by atoms with Crippen molar-refractivity contribution in [3.8, 4) is 0 Å². The zero-order valence-corrected chi connectivity index (χ0v) is 11.3. The van der Waals surface area contributed by atoms with Gasteiger partial charge in [-0.1, -0.05) is 0 Å². The fourth-order valence-electron chi connectivity index (χ4n) is 2.55. The van der Waals surface area contributed by atoms with Crippen molar-refractivity contribution in [1.82, 2.24) is 15.1 Å². The lowest BCUT2D eigenvalue weighted by Crippen LogP contribution is -2.35. The van der Waals surface area contributed by atoms with E-state index in [0.29, 0.717) is 13.0 Å². The molecule has 106 valence electrons. The zero-order valence-electron chi connectivity index (χ0n) is 11.3. The average Bonchev–Trinajstić information content (AvgIpc) is 3.04. The molecule has 0 radical (unpaired) electrons. The van der Waals surface area contributed by atoms with Crippen LogP contribution in [0.5, 0.6) is 0 Å². The summed E-state index contributed by atoms with van der Waals surface area (Å²) in [5, 5.41) is 20.7. The first-order valence-corrected chi connectivity index (χ1v) is 6.85. The van der Waals surface area contributed by atoms with Crippen LogP contribution in [0.15, 0.2) is 24.4 Å².